The lowest BCUT2D eigenvalue weighted by atomic mass is 10.1. The number of thiophene rings is 1. The van der Waals surface area contributed by atoms with Crippen LogP contribution in [0.2, 0.25) is 0 Å². The van der Waals surface area contributed by atoms with Crippen LogP contribution in [0, 0.1) is 6.92 Å². The van der Waals surface area contributed by atoms with E-state index in [0.717, 1.165) is 16.2 Å². The fourth-order valence-corrected chi connectivity index (χ4v) is 2.69. The van der Waals surface area contributed by atoms with Crippen LogP contribution in [0.1, 0.15) is 35.3 Å². The monoisotopic (exact) mass is 262 g/mol. The molecule has 3 heteroatoms. The Kier molecular flexibility index (Phi) is 4.04. The molecule has 1 aromatic carbocycles. The highest BCUT2D eigenvalue weighted by atomic mass is 32.1. The molecule has 1 N–H and O–H groups in total. The summed E-state index contributed by atoms with van der Waals surface area (Å²) >= 11 is 1.62. The van der Waals surface area contributed by atoms with E-state index in [2.05, 4.69) is 0 Å². The van der Waals surface area contributed by atoms with Crippen LogP contribution in [-0.4, -0.2) is 11.2 Å². The summed E-state index contributed by atoms with van der Waals surface area (Å²) in [4.78, 5) is 2.17. The molecular weight excluding hydrogens is 244 g/mol. The van der Waals surface area contributed by atoms with E-state index in [4.69, 9.17) is 4.74 Å². The van der Waals surface area contributed by atoms with E-state index in [1.54, 1.807) is 11.3 Å². The highest BCUT2D eigenvalue weighted by Crippen LogP contribution is 2.29. The van der Waals surface area contributed by atoms with E-state index < -0.39 is 6.10 Å². The predicted molar refractivity (Wildman–Crippen MR) is 75.3 cm³/mol. The number of aliphatic hydroxyl groups is 1. The Morgan fingerprint density at radius 1 is 1.17 bits per heavy atom. The van der Waals surface area contributed by atoms with Crippen molar-refractivity contribution in [2.45, 2.75) is 33.0 Å². The summed E-state index contributed by atoms with van der Waals surface area (Å²) in [5.41, 5.74) is 0.870. The average Bonchev–Trinajstić information content (AvgIpc) is 2.74. The average molecular weight is 262 g/mol. The minimum absolute atomic E-state index is 0.140. The maximum Gasteiger partial charge on any atom is 0.120 e. The Hall–Kier alpha value is -1.32. The van der Waals surface area contributed by atoms with Crippen LogP contribution in [0.3, 0.4) is 0 Å². The molecule has 0 saturated carbocycles. The molecule has 0 bridgehead atoms. The molecule has 0 radical (unpaired) electrons. The second kappa shape index (κ2) is 5.55. The number of rotatable bonds is 4. The normalized spacial score (nSPS) is 12.7. The molecule has 18 heavy (non-hydrogen) atoms. The molecule has 0 amide bonds. The van der Waals surface area contributed by atoms with Gasteiger partial charge in [-0.2, -0.15) is 0 Å². The Bertz CT molecular complexity index is 517. The zero-order valence-corrected chi connectivity index (χ0v) is 11.7. The van der Waals surface area contributed by atoms with Crippen molar-refractivity contribution in [1.82, 2.24) is 0 Å². The summed E-state index contributed by atoms with van der Waals surface area (Å²) in [5.74, 6) is 0.801. The van der Waals surface area contributed by atoms with Crippen LogP contribution in [0.4, 0.5) is 0 Å². The van der Waals surface area contributed by atoms with E-state index in [1.807, 2.05) is 57.2 Å². The molecular formula is C15H18O2S. The van der Waals surface area contributed by atoms with E-state index in [1.165, 1.54) is 4.88 Å². The predicted octanol–water partition coefficient (Wildman–Crippen LogP) is 3.93. The summed E-state index contributed by atoms with van der Waals surface area (Å²) in [6.45, 7) is 6.02. The second-order valence-electron chi connectivity index (χ2n) is 4.59. The van der Waals surface area contributed by atoms with Crippen molar-refractivity contribution in [3.05, 3.63) is 51.7 Å². The number of ether oxygens (including phenoxy) is 1. The fraction of sp³-hybridized carbons (Fsp3) is 0.333. The smallest absolute Gasteiger partial charge is 0.120 e. The first-order chi connectivity index (χ1) is 8.56. The van der Waals surface area contributed by atoms with Gasteiger partial charge in [0, 0.05) is 9.75 Å². The third kappa shape index (κ3) is 3.12. The maximum absolute atomic E-state index is 10.3. The lowest BCUT2D eigenvalue weighted by Crippen LogP contribution is -2.06. The largest absolute Gasteiger partial charge is 0.491 e. The van der Waals surface area contributed by atoms with Gasteiger partial charge in [-0.25, -0.2) is 0 Å². The summed E-state index contributed by atoms with van der Waals surface area (Å²) < 4.78 is 5.64. The Morgan fingerprint density at radius 2 is 1.94 bits per heavy atom. The lowest BCUT2D eigenvalue weighted by molar-refractivity contribution is 0.220. The molecule has 0 saturated heterocycles. The van der Waals surface area contributed by atoms with E-state index in [-0.39, 0.29) is 6.10 Å². The fourth-order valence-electron chi connectivity index (χ4n) is 1.79. The molecule has 0 aliphatic carbocycles. The van der Waals surface area contributed by atoms with Gasteiger partial charge in [-0.1, -0.05) is 12.1 Å². The molecule has 0 aliphatic heterocycles. The van der Waals surface area contributed by atoms with E-state index >= 15 is 0 Å². The van der Waals surface area contributed by atoms with Crippen LogP contribution in [-0.2, 0) is 0 Å². The number of aliphatic hydroxyl groups excluding tert-OH is 1. The van der Waals surface area contributed by atoms with Gasteiger partial charge in [0.05, 0.1) is 6.10 Å². The van der Waals surface area contributed by atoms with Crippen LogP contribution in [0.25, 0.3) is 0 Å². The van der Waals surface area contributed by atoms with Crippen molar-refractivity contribution in [3.63, 3.8) is 0 Å². The summed E-state index contributed by atoms with van der Waals surface area (Å²) in [6, 6.07) is 11.7. The molecule has 0 fully saturated rings. The van der Waals surface area contributed by atoms with E-state index in [9.17, 15) is 5.11 Å². The van der Waals surface area contributed by atoms with Gasteiger partial charge in [0.1, 0.15) is 11.9 Å². The van der Waals surface area contributed by atoms with Crippen molar-refractivity contribution in [3.8, 4) is 5.75 Å². The third-order valence-corrected chi connectivity index (χ3v) is 3.63. The highest BCUT2D eigenvalue weighted by Gasteiger charge is 2.13. The molecule has 0 unspecified atom stereocenters. The summed E-state index contributed by atoms with van der Waals surface area (Å²) in [7, 11) is 0. The van der Waals surface area contributed by atoms with Gasteiger partial charge in [-0.3, -0.25) is 0 Å². The first-order valence-corrected chi connectivity index (χ1v) is 6.89. The quantitative estimate of drug-likeness (QED) is 0.904. The molecule has 0 aliphatic rings. The zero-order chi connectivity index (χ0) is 13.1. The van der Waals surface area contributed by atoms with Gasteiger partial charge in [0.2, 0.25) is 0 Å². The van der Waals surface area contributed by atoms with Crippen molar-refractivity contribution >= 4 is 11.3 Å². The van der Waals surface area contributed by atoms with Crippen LogP contribution in [0.5, 0.6) is 5.75 Å². The first kappa shape index (κ1) is 13.1. The number of hydrogen-bond donors (Lipinski definition) is 1. The molecule has 0 spiro atoms. The van der Waals surface area contributed by atoms with Gasteiger partial charge >= 0.3 is 0 Å². The van der Waals surface area contributed by atoms with E-state index in [0.29, 0.717) is 0 Å². The van der Waals surface area contributed by atoms with Crippen molar-refractivity contribution in [2.75, 3.05) is 0 Å². The first-order valence-electron chi connectivity index (χ1n) is 6.07. The minimum atomic E-state index is -0.570. The van der Waals surface area contributed by atoms with Gasteiger partial charge in [-0.15, -0.1) is 11.3 Å². The van der Waals surface area contributed by atoms with Crippen LogP contribution >= 0.6 is 11.3 Å². The number of aryl methyl sites for hydroxylation is 1. The molecule has 1 heterocycles. The van der Waals surface area contributed by atoms with Crippen LogP contribution < -0.4 is 4.74 Å². The number of benzene rings is 1. The van der Waals surface area contributed by atoms with Crippen molar-refractivity contribution in [2.24, 2.45) is 0 Å². The minimum Gasteiger partial charge on any atom is -0.491 e. The summed E-state index contributed by atoms with van der Waals surface area (Å²) in [6.07, 6.45) is -0.430. The van der Waals surface area contributed by atoms with Crippen molar-refractivity contribution in [1.29, 1.82) is 0 Å². The van der Waals surface area contributed by atoms with Gasteiger partial charge in [0.15, 0.2) is 0 Å². The Balaban J connectivity index is 2.22. The molecule has 96 valence electrons. The SMILES string of the molecule is Cc1ccc([C@H](O)c2cccc(OC(C)C)c2)s1. The van der Waals surface area contributed by atoms with Gasteiger partial charge in [0.25, 0.3) is 0 Å². The third-order valence-electron chi connectivity index (χ3n) is 2.58. The number of hydrogen-bond acceptors (Lipinski definition) is 3. The Morgan fingerprint density at radius 3 is 2.56 bits per heavy atom. The second-order valence-corrected chi connectivity index (χ2v) is 5.91. The topological polar surface area (TPSA) is 29.5 Å². The molecule has 2 nitrogen and oxygen atoms in total. The van der Waals surface area contributed by atoms with Crippen LogP contribution in [0.15, 0.2) is 36.4 Å². The molecule has 2 rings (SSSR count). The van der Waals surface area contributed by atoms with Crippen molar-refractivity contribution < 1.29 is 9.84 Å². The maximum atomic E-state index is 10.3. The molecule has 1 aromatic heterocycles. The zero-order valence-electron chi connectivity index (χ0n) is 10.9. The lowest BCUT2D eigenvalue weighted by Gasteiger charge is -2.13. The standard InChI is InChI=1S/C15H18O2S/c1-10(2)17-13-6-4-5-12(9-13)15(16)14-8-7-11(3)18-14/h4-10,15-16H,1-3H3/t15-/m1/s1. The molecule has 1 atom stereocenters. The molecule has 2 aromatic rings. The van der Waals surface area contributed by atoms with Gasteiger partial charge < -0.3 is 9.84 Å². The van der Waals surface area contributed by atoms with Gasteiger partial charge in [-0.05, 0) is 50.6 Å². The Labute approximate surface area is 112 Å². The highest BCUT2D eigenvalue weighted by molar-refractivity contribution is 7.12. The summed E-state index contributed by atoms with van der Waals surface area (Å²) in [5, 5.41) is 10.3.